The molecule has 3 fully saturated rings. The lowest BCUT2D eigenvalue weighted by atomic mass is 10.0. The molecular weight excluding hydrogens is 302 g/mol. The number of carbonyl (C=O) groups is 1. The molecule has 1 aromatic rings. The first kappa shape index (κ1) is 15.9. The van der Waals surface area contributed by atoms with Crippen LogP contribution in [-0.2, 0) is 20.7 Å². The minimum Gasteiger partial charge on any atom is -0.381 e. The molecule has 1 saturated carbocycles. The van der Waals surface area contributed by atoms with Crippen molar-refractivity contribution in [3.63, 3.8) is 0 Å². The first-order valence-corrected chi connectivity index (χ1v) is 8.94. The molecule has 4 heteroatoms. The van der Waals surface area contributed by atoms with Crippen LogP contribution in [0.3, 0.4) is 0 Å². The SMILES string of the molecule is C=CCO[C@@H]1CCN(C(=O)C2[C@H]3COC[C@@H]23)[C@H]1Cc1ccccc1. The summed E-state index contributed by atoms with van der Waals surface area (Å²) in [5, 5.41) is 0. The van der Waals surface area contributed by atoms with Crippen molar-refractivity contribution in [3.8, 4) is 0 Å². The maximum absolute atomic E-state index is 13.0. The van der Waals surface area contributed by atoms with Crippen molar-refractivity contribution in [2.45, 2.75) is 25.0 Å². The number of ether oxygens (including phenoxy) is 2. The van der Waals surface area contributed by atoms with E-state index in [0.29, 0.717) is 24.3 Å². The highest BCUT2D eigenvalue weighted by Crippen LogP contribution is 2.52. The van der Waals surface area contributed by atoms with Crippen molar-refractivity contribution in [2.24, 2.45) is 17.8 Å². The summed E-state index contributed by atoms with van der Waals surface area (Å²) in [5.74, 6) is 1.43. The van der Waals surface area contributed by atoms with E-state index in [1.807, 2.05) is 6.07 Å². The molecule has 0 spiro atoms. The fourth-order valence-electron chi connectivity index (χ4n) is 4.38. The molecule has 0 N–H and O–H groups in total. The summed E-state index contributed by atoms with van der Waals surface area (Å²) in [6, 6.07) is 10.5. The Balaban J connectivity index is 1.49. The van der Waals surface area contributed by atoms with Crippen LogP contribution >= 0.6 is 0 Å². The topological polar surface area (TPSA) is 38.8 Å². The van der Waals surface area contributed by atoms with Crippen molar-refractivity contribution in [1.29, 1.82) is 0 Å². The van der Waals surface area contributed by atoms with Crippen LogP contribution in [0.4, 0.5) is 0 Å². The summed E-state index contributed by atoms with van der Waals surface area (Å²) >= 11 is 0. The zero-order valence-corrected chi connectivity index (χ0v) is 14.0. The van der Waals surface area contributed by atoms with E-state index in [4.69, 9.17) is 9.47 Å². The van der Waals surface area contributed by atoms with Crippen LogP contribution < -0.4 is 0 Å². The van der Waals surface area contributed by atoms with Crippen molar-refractivity contribution < 1.29 is 14.3 Å². The van der Waals surface area contributed by atoms with Crippen molar-refractivity contribution in [3.05, 3.63) is 48.6 Å². The first-order valence-electron chi connectivity index (χ1n) is 8.94. The third kappa shape index (κ3) is 2.89. The second-order valence-electron chi connectivity index (χ2n) is 7.13. The number of fused-ring (bicyclic) bond motifs is 1. The molecule has 1 unspecified atom stereocenters. The number of benzene rings is 1. The lowest BCUT2D eigenvalue weighted by Crippen LogP contribution is -2.43. The maximum atomic E-state index is 13.0. The molecule has 2 heterocycles. The monoisotopic (exact) mass is 327 g/mol. The van der Waals surface area contributed by atoms with Crippen molar-refractivity contribution >= 4 is 5.91 Å². The molecule has 1 aliphatic carbocycles. The van der Waals surface area contributed by atoms with Crippen LogP contribution in [-0.4, -0.2) is 49.3 Å². The molecule has 3 aliphatic rings. The summed E-state index contributed by atoms with van der Waals surface area (Å²) in [6.45, 7) is 6.60. The van der Waals surface area contributed by atoms with Gasteiger partial charge in [0.15, 0.2) is 0 Å². The van der Waals surface area contributed by atoms with E-state index < -0.39 is 0 Å². The van der Waals surface area contributed by atoms with Gasteiger partial charge in [0.25, 0.3) is 0 Å². The fraction of sp³-hybridized carbons (Fsp3) is 0.550. The van der Waals surface area contributed by atoms with E-state index in [1.54, 1.807) is 6.08 Å². The Labute approximate surface area is 143 Å². The maximum Gasteiger partial charge on any atom is 0.226 e. The Morgan fingerprint density at radius 2 is 2.04 bits per heavy atom. The molecule has 0 aromatic heterocycles. The van der Waals surface area contributed by atoms with E-state index in [-0.39, 0.29) is 18.1 Å². The third-order valence-corrected chi connectivity index (χ3v) is 5.72. The van der Waals surface area contributed by atoms with Gasteiger partial charge in [0.2, 0.25) is 5.91 Å². The number of likely N-dealkylation sites (tertiary alicyclic amines) is 1. The van der Waals surface area contributed by atoms with E-state index in [1.165, 1.54) is 5.56 Å². The average molecular weight is 327 g/mol. The molecule has 4 nitrogen and oxygen atoms in total. The molecule has 0 bridgehead atoms. The number of carbonyl (C=O) groups excluding carboxylic acids is 1. The summed E-state index contributed by atoms with van der Waals surface area (Å²) in [4.78, 5) is 15.1. The highest BCUT2D eigenvalue weighted by Gasteiger charge is 2.60. The van der Waals surface area contributed by atoms with E-state index in [0.717, 1.165) is 32.6 Å². The van der Waals surface area contributed by atoms with Gasteiger partial charge in [-0.05, 0) is 30.2 Å². The van der Waals surface area contributed by atoms with Crippen LogP contribution in [0.15, 0.2) is 43.0 Å². The first-order chi connectivity index (χ1) is 11.8. The van der Waals surface area contributed by atoms with E-state index in [2.05, 4.69) is 35.7 Å². The second-order valence-corrected chi connectivity index (χ2v) is 7.13. The Bertz CT molecular complexity index is 592. The lowest BCUT2D eigenvalue weighted by Gasteiger charge is -2.29. The van der Waals surface area contributed by atoms with Gasteiger partial charge in [-0.1, -0.05) is 36.4 Å². The van der Waals surface area contributed by atoms with Crippen LogP contribution in [0, 0.1) is 17.8 Å². The molecule has 2 aliphatic heterocycles. The molecule has 2 saturated heterocycles. The van der Waals surface area contributed by atoms with Crippen molar-refractivity contribution in [2.75, 3.05) is 26.4 Å². The predicted octanol–water partition coefficient (Wildman–Crippen LogP) is 2.29. The van der Waals surface area contributed by atoms with Gasteiger partial charge in [-0.25, -0.2) is 0 Å². The minimum absolute atomic E-state index is 0.0991. The molecule has 1 amide bonds. The Hall–Kier alpha value is -1.65. The smallest absolute Gasteiger partial charge is 0.226 e. The molecule has 4 rings (SSSR count). The standard InChI is InChI=1S/C20H25NO3/c1-2-10-24-18-8-9-21(17(18)11-14-6-4-3-5-7-14)20(22)19-15-12-23-13-16(15)19/h2-7,15-19H,1,8-13H2/t15-,16+,17-,18+,19?/m0/s1. The number of hydrogen-bond donors (Lipinski definition) is 0. The molecule has 128 valence electrons. The van der Waals surface area contributed by atoms with Crippen LogP contribution in [0.25, 0.3) is 0 Å². The molecule has 24 heavy (non-hydrogen) atoms. The number of hydrogen-bond acceptors (Lipinski definition) is 3. The zero-order chi connectivity index (χ0) is 16.5. The zero-order valence-electron chi connectivity index (χ0n) is 14.0. The highest BCUT2D eigenvalue weighted by atomic mass is 16.5. The summed E-state index contributed by atoms with van der Waals surface area (Å²) in [6.07, 6.45) is 3.65. The molecular formula is C20H25NO3. The van der Waals surface area contributed by atoms with Gasteiger partial charge in [0, 0.05) is 12.5 Å². The van der Waals surface area contributed by atoms with Gasteiger partial charge in [-0.3, -0.25) is 4.79 Å². The van der Waals surface area contributed by atoms with Gasteiger partial charge in [0.1, 0.15) is 0 Å². The summed E-state index contributed by atoms with van der Waals surface area (Å²) in [7, 11) is 0. The van der Waals surface area contributed by atoms with Crippen LogP contribution in [0.2, 0.25) is 0 Å². The van der Waals surface area contributed by atoms with Crippen LogP contribution in [0.5, 0.6) is 0 Å². The van der Waals surface area contributed by atoms with Gasteiger partial charge >= 0.3 is 0 Å². The van der Waals surface area contributed by atoms with Gasteiger partial charge in [0.05, 0.1) is 32.0 Å². The second kappa shape index (κ2) is 6.69. The molecule has 0 radical (unpaired) electrons. The third-order valence-electron chi connectivity index (χ3n) is 5.72. The average Bonchev–Trinajstić information content (AvgIpc) is 2.95. The predicted molar refractivity (Wildman–Crippen MR) is 91.5 cm³/mol. The molecule has 1 aromatic carbocycles. The van der Waals surface area contributed by atoms with Gasteiger partial charge in [-0.15, -0.1) is 6.58 Å². The lowest BCUT2D eigenvalue weighted by molar-refractivity contribution is -0.136. The van der Waals surface area contributed by atoms with Crippen molar-refractivity contribution in [1.82, 2.24) is 4.90 Å². The number of amides is 1. The summed E-state index contributed by atoms with van der Waals surface area (Å²) < 4.78 is 11.4. The molecule has 5 atom stereocenters. The van der Waals surface area contributed by atoms with E-state index >= 15 is 0 Å². The van der Waals surface area contributed by atoms with Crippen LogP contribution in [0.1, 0.15) is 12.0 Å². The van der Waals surface area contributed by atoms with Gasteiger partial charge in [-0.2, -0.15) is 0 Å². The Morgan fingerprint density at radius 3 is 2.75 bits per heavy atom. The largest absolute Gasteiger partial charge is 0.381 e. The van der Waals surface area contributed by atoms with E-state index in [9.17, 15) is 4.79 Å². The Kier molecular flexibility index (Phi) is 4.42. The fourth-order valence-corrected chi connectivity index (χ4v) is 4.38. The normalized spacial score (nSPS) is 34.2. The van der Waals surface area contributed by atoms with Gasteiger partial charge < -0.3 is 14.4 Å². The summed E-state index contributed by atoms with van der Waals surface area (Å²) in [5.41, 5.74) is 1.26. The minimum atomic E-state index is 0.0991. The quantitative estimate of drug-likeness (QED) is 0.753. The number of nitrogens with zero attached hydrogens (tertiary/aromatic N) is 1. The highest BCUT2D eigenvalue weighted by molar-refractivity contribution is 5.83. The number of rotatable bonds is 6. The Morgan fingerprint density at radius 1 is 1.29 bits per heavy atom.